The topological polar surface area (TPSA) is 75.9 Å². The molecule has 3 heterocycles. The number of nitrogens with one attached hydrogen (secondary N) is 1. The van der Waals surface area contributed by atoms with Gasteiger partial charge < -0.3 is 14.8 Å². The molecule has 3 atom stereocenters. The van der Waals surface area contributed by atoms with Crippen LogP contribution in [0.5, 0.6) is 0 Å². The van der Waals surface area contributed by atoms with E-state index >= 15 is 0 Å². The van der Waals surface area contributed by atoms with Gasteiger partial charge in [-0.15, -0.1) is 10.2 Å². The summed E-state index contributed by atoms with van der Waals surface area (Å²) in [6, 6.07) is 8.97. The lowest BCUT2D eigenvalue weighted by Gasteiger charge is -2.28. The highest BCUT2D eigenvalue weighted by molar-refractivity contribution is 6.30. The molecule has 2 aromatic heterocycles. The molecule has 0 radical (unpaired) electrons. The quantitative estimate of drug-likeness (QED) is 0.543. The van der Waals surface area contributed by atoms with Gasteiger partial charge in [0.05, 0.1) is 24.0 Å². The molecule has 2 amide bonds. The number of benzene rings is 1. The molecule has 0 spiro atoms. The van der Waals surface area contributed by atoms with Crippen LogP contribution in [0.25, 0.3) is 0 Å². The van der Waals surface area contributed by atoms with Crippen molar-refractivity contribution in [3.05, 3.63) is 70.0 Å². The Bertz CT molecular complexity index is 1240. The molecule has 1 saturated heterocycles. The average Bonchev–Trinajstić information content (AvgIpc) is 3.31. The van der Waals surface area contributed by atoms with E-state index in [0.717, 1.165) is 23.9 Å². The Labute approximate surface area is 199 Å². The van der Waals surface area contributed by atoms with Crippen LogP contribution in [0.4, 0.5) is 23.7 Å². The van der Waals surface area contributed by atoms with Gasteiger partial charge >= 0.3 is 12.2 Å². The van der Waals surface area contributed by atoms with Crippen LogP contribution in [0.15, 0.2) is 36.4 Å². The number of hydrogen-bond donors (Lipinski definition) is 1. The zero-order chi connectivity index (χ0) is 24.2. The molecule has 178 valence electrons. The molecule has 1 aliphatic carbocycles. The minimum atomic E-state index is -4.54. The number of likely N-dealkylation sites (tertiary alicyclic amines) is 1. The Morgan fingerprint density at radius 1 is 1.15 bits per heavy atom. The minimum Gasteiger partial charge on any atom is -0.314 e. The first kappa shape index (κ1) is 22.6. The Kier molecular flexibility index (Phi) is 5.50. The van der Waals surface area contributed by atoms with E-state index in [1.54, 1.807) is 4.90 Å². The lowest BCUT2D eigenvalue weighted by Crippen LogP contribution is -2.38. The zero-order valence-corrected chi connectivity index (χ0v) is 19.2. The van der Waals surface area contributed by atoms with E-state index in [9.17, 15) is 18.0 Å². The fourth-order valence-electron chi connectivity index (χ4n) is 4.63. The van der Waals surface area contributed by atoms with Crippen LogP contribution in [0.3, 0.4) is 0 Å². The van der Waals surface area contributed by atoms with Gasteiger partial charge in [0.15, 0.2) is 5.82 Å². The summed E-state index contributed by atoms with van der Waals surface area (Å²) in [5, 5.41) is 12.1. The molecule has 3 aromatic rings. The van der Waals surface area contributed by atoms with Crippen molar-refractivity contribution >= 4 is 23.3 Å². The molecule has 1 saturated carbocycles. The van der Waals surface area contributed by atoms with Gasteiger partial charge in [0, 0.05) is 11.6 Å². The number of hydrogen-bond acceptors (Lipinski definition) is 4. The zero-order valence-electron chi connectivity index (χ0n) is 18.5. The van der Waals surface area contributed by atoms with Crippen molar-refractivity contribution in [1.82, 2.24) is 24.6 Å². The molecule has 34 heavy (non-hydrogen) atoms. The van der Waals surface area contributed by atoms with Crippen molar-refractivity contribution in [2.24, 2.45) is 11.8 Å². The maximum atomic E-state index is 13.2. The molecule has 1 aromatic carbocycles. The second-order valence-corrected chi connectivity index (χ2v) is 9.27. The predicted molar refractivity (Wildman–Crippen MR) is 119 cm³/mol. The first-order chi connectivity index (χ1) is 16.1. The number of aryl methyl sites for hydroxylation is 2. The first-order valence-corrected chi connectivity index (χ1v) is 11.3. The smallest absolute Gasteiger partial charge is 0.314 e. The van der Waals surface area contributed by atoms with Crippen molar-refractivity contribution in [3.63, 3.8) is 0 Å². The van der Waals surface area contributed by atoms with Crippen molar-refractivity contribution in [3.8, 4) is 0 Å². The number of piperidine rings is 1. The number of amides is 2. The lowest BCUT2D eigenvalue weighted by molar-refractivity contribution is -0.141. The van der Waals surface area contributed by atoms with Crippen molar-refractivity contribution < 1.29 is 18.0 Å². The monoisotopic (exact) mass is 490 g/mol. The van der Waals surface area contributed by atoms with Crippen LogP contribution in [0, 0.1) is 25.7 Å². The van der Waals surface area contributed by atoms with Gasteiger partial charge in [-0.2, -0.15) is 13.2 Å². The van der Waals surface area contributed by atoms with Crippen LogP contribution >= 0.6 is 11.6 Å². The van der Waals surface area contributed by atoms with Gasteiger partial charge in [-0.3, -0.25) is 0 Å². The molecule has 2 fully saturated rings. The number of anilines is 1. The predicted octanol–water partition coefficient (Wildman–Crippen LogP) is 5.24. The second-order valence-electron chi connectivity index (χ2n) is 8.83. The Balaban J connectivity index is 1.39. The third-order valence-electron chi connectivity index (χ3n) is 6.51. The number of nitrogens with zero attached hydrogens (tertiary/aromatic N) is 5. The summed E-state index contributed by atoms with van der Waals surface area (Å²) in [7, 11) is 0. The van der Waals surface area contributed by atoms with Gasteiger partial charge in [0.2, 0.25) is 0 Å². The fourth-order valence-corrected chi connectivity index (χ4v) is 4.75. The molecule has 7 nitrogen and oxygen atoms in total. The Morgan fingerprint density at radius 2 is 1.88 bits per heavy atom. The van der Waals surface area contributed by atoms with E-state index in [1.165, 1.54) is 13.0 Å². The Morgan fingerprint density at radius 3 is 2.56 bits per heavy atom. The normalized spacial score (nSPS) is 21.5. The third kappa shape index (κ3) is 4.22. The largest absolute Gasteiger partial charge is 0.433 e. The molecule has 5 rings (SSSR count). The van der Waals surface area contributed by atoms with E-state index in [0.29, 0.717) is 29.9 Å². The molecule has 11 heteroatoms. The number of aromatic nitrogens is 4. The van der Waals surface area contributed by atoms with Gasteiger partial charge in [0.25, 0.3) is 0 Å². The molecule has 2 aliphatic rings. The summed E-state index contributed by atoms with van der Waals surface area (Å²) < 4.78 is 40.8. The van der Waals surface area contributed by atoms with E-state index in [2.05, 4.69) is 20.5 Å². The molecular weight excluding hydrogens is 469 g/mol. The average molecular weight is 491 g/mol. The summed E-state index contributed by atoms with van der Waals surface area (Å²) >= 11 is 6.00. The summed E-state index contributed by atoms with van der Waals surface area (Å²) in [4.78, 5) is 18.5. The summed E-state index contributed by atoms with van der Waals surface area (Å²) in [5.74, 6) is 2.10. The minimum absolute atomic E-state index is 0.103. The standard InChI is InChI=1S/C23H22ClF3N6O/c1-12-18(7-8-19(28-12)23(25,26)27)29-22(34)33-11-15-9-17(15)20(33)21-31-30-13(2)32(21)10-14-3-5-16(24)6-4-14/h3-8,15,17,20H,9-11H2,1-2H3,(H,29,34)/t15?,17?,20-/m1/s1. The highest BCUT2D eigenvalue weighted by atomic mass is 35.5. The lowest BCUT2D eigenvalue weighted by atomic mass is 10.1. The third-order valence-corrected chi connectivity index (χ3v) is 6.76. The van der Waals surface area contributed by atoms with E-state index in [4.69, 9.17) is 11.6 Å². The van der Waals surface area contributed by atoms with E-state index in [-0.39, 0.29) is 29.4 Å². The summed E-state index contributed by atoms with van der Waals surface area (Å²) in [5.41, 5.74) is 0.386. The summed E-state index contributed by atoms with van der Waals surface area (Å²) in [6.45, 7) is 4.40. The number of fused-ring (bicyclic) bond motifs is 1. The van der Waals surface area contributed by atoms with Crippen LogP contribution in [-0.4, -0.2) is 37.2 Å². The number of rotatable bonds is 4. The van der Waals surface area contributed by atoms with Crippen LogP contribution in [-0.2, 0) is 12.7 Å². The van der Waals surface area contributed by atoms with Crippen molar-refractivity contribution in [2.45, 2.75) is 39.0 Å². The van der Waals surface area contributed by atoms with Crippen molar-refractivity contribution in [1.29, 1.82) is 0 Å². The maximum absolute atomic E-state index is 13.2. The number of carbonyl (C=O) groups excluding carboxylic acids is 1. The second kappa shape index (κ2) is 8.26. The van der Waals surface area contributed by atoms with E-state index < -0.39 is 11.9 Å². The molecule has 1 aliphatic heterocycles. The van der Waals surface area contributed by atoms with Gasteiger partial charge in [-0.1, -0.05) is 23.7 Å². The summed E-state index contributed by atoms with van der Waals surface area (Å²) in [6.07, 6.45) is -3.54. The SMILES string of the molecule is Cc1nc(C(F)(F)F)ccc1NC(=O)N1CC2CC2[C@@H]1c1nnc(C)n1Cc1ccc(Cl)cc1. The number of halogens is 4. The van der Waals surface area contributed by atoms with Gasteiger partial charge in [0.1, 0.15) is 11.5 Å². The van der Waals surface area contributed by atoms with Gasteiger partial charge in [-0.25, -0.2) is 9.78 Å². The highest BCUT2D eigenvalue weighted by Gasteiger charge is 2.56. The fraction of sp³-hybridized carbons (Fsp3) is 0.391. The molecule has 2 unspecified atom stereocenters. The first-order valence-electron chi connectivity index (χ1n) is 10.9. The van der Waals surface area contributed by atoms with Crippen LogP contribution in [0.1, 0.15) is 41.1 Å². The number of carbonyl (C=O) groups is 1. The number of urea groups is 1. The Hall–Kier alpha value is -3.14. The molecular formula is C23H22ClF3N6O. The van der Waals surface area contributed by atoms with Gasteiger partial charge in [-0.05, 0) is 61.9 Å². The number of pyridine rings is 1. The number of alkyl halides is 3. The molecule has 0 bridgehead atoms. The van der Waals surface area contributed by atoms with Crippen LogP contribution < -0.4 is 5.32 Å². The molecule has 1 N–H and O–H groups in total. The highest BCUT2D eigenvalue weighted by Crippen LogP contribution is 2.56. The maximum Gasteiger partial charge on any atom is 0.433 e. The van der Waals surface area contributed by atoms with E-state index in [1.807, 2.05) is 35.8 Å². The van der Waals surface area contributed by atoms with Crippen LogP contribution in [0.2, 0.25) is 5.02 Å². The van der Waals surface area contributed by atoms with Crippen molar-refractivity contribution in [2.75, 3.05) is 11.9 Å².